The molecule has 0 saturated carbocycles. The first-order chi connectivity index (χ1) is 7.73. The van der Waals surface area contributed by atoms with Crippen molar-refractivity contribution in [2.45, 2.75) is 19.9 Å². The molecule has 1 N–H and O–H groups in total. The van der Waals surface area contributed by atoms with Crippen LogP contribution in [0.4, 0.5) is 5.69 Å². The molecule has 17 heavy (non-hydrogen) atoms. The van der Waals surface area contributed by atoms with E-state index in [2.05, 4.69) is 0 Å². The summed E-state index contributed by atoms with van der Waals surface area (Å²) in [6.07, 6.45) is 0.992. The second-order valence-electron chi connectivity index (χ2n) is 3.91. The molecular weight excluding hydrogens is 242 g/mol. The van der Waals surface area contributed by atoms with Gasteiger partial charge < -0.3 is 5.11 Å². The van der Waals surface area contributed by atoms with E-state index < -0.39 is 22.0 Å². The van der Waals surface area contributed by atoms with Gasteiger partial charge in [0.2, 0.25) is 10.0 Å². The molecule has 0 aromatic heterocycles. The molecule has 0 aliphatic carbocycles. The number of nitrogens with zero attached hydrogens (tertiary/aromatic N) is 1. The predicted molar refractivity (Wildman–Crippen MR) is 65.6 cm³/mol. The number of benzene rings is 1. The molecule has 1 aromatic carbocycles. The number of carboxylic acids is 1. The molecule has 0 radical (unpaired) electrons. The predicted octanol–water partition coefficient (Wildman–Crippen LogP) is 1.23. The molecular formula is C11H15NO4S. The maximum Gasteiger partial charge on any atom is 0.327 e. The molecule has 0 aliphatic heterocycles. The van der Waals surface area contributed by atoms with Crippen molar-refractivity contribution < 1.29 is 18.3 Å². The van der Waals surface area contributed by atoms with Gasteiger partial charge in [0, 0.05) is 0 Å². The Morgan fingerprint density at radius 2 is 1.76 bits per heavy atom. The van der Waals surface area contributed by atoms with Crippen LogP contribution >= 0.6 is 0 Å². The summed E-state index contributed by atoms with van der Waals surface area (Å²) in [6, 6.07) is 5.53. The molecule has 1 aromatic rings. The van der Waals surface area contributed by atoms with Crippen molar-refractivity contribution in [3.63, 3.8) is 0 Å². The van der Waals surface area contributed by atoms with Gasteiger partial charge in [-0.1, -0.05) is 17.7 Å². The van der Waals surface area contributed by atoms with Crippen LogP contribution in [-0.4, -0.2) is 31.8 Å². The van der Waals surface area contributed by atoms with E-state index in [4.69, 9.17) is 5.11 Å². The highest BCUT2D eigenvalue weighted by Crippen LogP contribution is 2.21. The smallest absolute Gasteiger partial charge is 0.327 e. The zero-order chi connectivity index (χ0) is 13.2. The quantitative estimate of drug-likeness (QED) is 0.880. The Bertz CT molecular complexity index is 507. The zero-order valence-corrected chi connectivity index (χ0v) is 10.7. The number of aliphatic carboxylic acids is 1. The second kappa shape index (κ2) is 4.75. The van der Waals surface area contributed by atoms with Gasteiger partial charge in [-0.2, -0.15) is 0 Å². The lowest BCUT2D eigenvalue weighted by Gasteiger charge is -2.26. The highest BCUT2D eigenvalue weighted by atomic mass is 32.2. The largest absolute Gasteiger partial charge is 0.480 e. The van der Waals surface area contributed by atoms with E-state index in [9.17, 15) is 13.2 Å². The normalized spacial score (nSPS) is 13.1. The Balaban J connectivity index is 3.25. The van der Waals surface area contributed by atoms with E-state index >= 15 is 0 Å². The molecule has 0 saturated heterocycles. The Morgan fingerprint density at radius 3 is 2.12 bits per heavy atom. The number of carboxylic acid groups (broad SMARTS) is 1. The number of sulfonamides is 1. The molecule has 0 bridgehead atoms. The minimum absolute atomic E-state index is 0.355. The molecule has 5 nitrogen and oxygen atoms in total. The van der Waals surface area contributed by atoms with Crippen LogP contribution in [0, 0.1) is 6.92 Å². The number of hydrogen-bond acceptors (Lipinski definition) is 3. The number of hydrogen-bond donors (Lipinski definition) is 1. The summed E-state index contributed by atoms with van der Waals surface area (Å²) in [4.78, 5) is 10.9. The minimum Gasteiger partial charge on any atom is -0.480 e. The third-order valence-electron chi connectivity index (χ3n) is 2.35. The van der Waals surface area contributed by atoms with Gasteiger partial charge in [0.05, 0.1) is 11.9 Å². The standard InChI is InChI=1S/C11H15NO4S/c1-8-4-6-10(7-5-8)12(17(3,15)16)9(2)11(13)14/h4-7,9H,1-3H3,(H,13,14)/t9-/m1/s1. The van der Waals surface area contributed by atoms with Crippen molar-refractivity contribution in [3.8, 4) is 0 Å². The van der Waals surface area contributed by atoms with Crippen molar-refractivity contribution >= 4 is 21.7 Å². The van der Waals surface area contributed by atoms with Gasteiger partial charge in [-0.15, -0.1) is 0 Å². The summed E-state index contributed by atoms with van der Waals surface area (Å²) in [5.74, 6) is -1.18. The van der Waals surface area contributed by atoms with E-state index in [0.717, 1.165) is 16.1 Å². The molecule has 0 spiro atoms. The molecule has 1 rings (SSSR count). The van der Waals surface area contributed by atoms with Gasteiger partial charge in [-0.25, -0.2) is 13.2 Å². The van der Waals surface area contributed by atoms with Crippen LogP contribution in [0.5, 0.6) is 0 Å². The first-order valence-corrected chi connectivity index (χ1v) is 6.87. The van der Waals surface area contributed by atoms with Crippen LogP contribution < -0.4 is 4.31 Å². The lowest BCUT2D eigenvalue weighted by Crippen LogP contribution is -2.42. The topological polar surface area (TPSA) is 74.7 Å². The van der Waals surface area contributed by atoms with Crippen molar-refractivity contribution in [2.75, 3.05) is 10.6 Å². The number of carbonyl (C=O) groups is 1. The maximum absolute atomic E-state index is 11.6. The SMILES string of the molecule is Cc1ccc(N([C@H](C)C(=O)O)S(C)(=O)=O)cc1. The first kappa shape index (κ1) is 13.5. The second-order valence-corrected chi connectivity index (χ2v) is 5.77. The third-order valence-corrected chi connectivity index (χ3v) is 3.60. The summed E-state index contributed by atoms with van der Waals surface area (Å²) in [7, 11) is -3.62. The average Bonchev–Trinajstić information content (AvgIpc) is 2.19. The molecule has 6 heteroatoms. The number of rotatable bonds is 4. The fourth-order valence-electron chi connectivity index (χ4n) is 1.49. The summed E-state index contributed by atoms with van der Waals surface area (Å²) in [6.45, 7) is 3.21. The molecule has 94 valence electrons. The van der Waals surface area contributed by atoms with Crippen molar-refractivity contribution in [1.29, 1.82) is 0 Å². The Labute approximate surface area is 101 Å². The first-order valence-electron chi connectivity index (χ1n) is 5.02. The van der Waals surface area contributed by atoms with Gasteiger partial charge in [-0.3, -0.25) is 4.31 Å². The minimum atomic E-state index is -3.62. The van der Waals surface area contributed by atoms with E-state index in [1.807, 2.05) is 6.92 Å². The van der Waals surface area contributed by atoms with Crippen molar-refractivity contribution in [2.24, 2.45) is 0 Å². The zero-order valence-electron chi connectivity index (χ0n) is 9.91. The fraction of sp³-hybridized carbons (Fsp3) is 0.364. The monoisotopic (exact) mass is 257 g/mol. The molecule has 0 aliphatic rings. The molecule has 0 heterocycles. The summed E-state index contributed by atoms with van der Waals surface area (Å²) < 4.78 is 24.1. The van der Waals surface area contributed by atoms with Gasteiger partial charge in [-0.05, 0) is 26.0 Å². The number of aryl methyl sites for hydroxylation is 1. The van der Waals surface area contributed by atoms with E-state index in [0.29, 0.717) is 5.69 Å². The summed E-state index contributed by atoms with van der Waals surface area (Å²) >= 11 is 0. The van der Waals surface area contributed by atoms with Crippen molar-refractivity contribution in [1.82, 2.24) is 0 Å². The van der Waals surface area contributed by atoms with Crippen LogP contribution in [0.25, 0.3) is 0 Å². The van der Waals surface area contributed by atoms with Crippen LogP contribution in [0.15, 0.2) is 24.3 Å². The highest BCUT2D eigenvalue weighted by Gasteiger charge is 2.28. The van der Waals surface area contributed by atoms with Crippen molar-refractivity contribution in [3.05, 3.63) is 29.8 Å². The average molecular weight is 257 g/mol. The maximum atomic E-state index is 11.6. The Hall–Kier alpha value is -1.56. The van der Waals surface area contributed by atoms with E-state index in [1.165, 1.54) is 6.92 Å². The van der Waals surface area contributed by atoms with E-state index in [1.54, 1.807) is 24.3 Å². The molecule has 0 unspecified atom stereocenters. The summed E-state index contributed by atoms with van der Waals surface area (Å²) in [5, 5.41) is 8.93. The molecule has 0 fully saturated rings. The Kier molecular flexibility index (Phi) is 3.77. The fourth-order valence-corrected chi connectivity index (χ4v) is 2.66. The number of anilines is 1. The van der Waals surface area contributed by atoms with Gasteiger partial charge in [0.25, 0.3) is 0 Å². The van der Waals surface area contributed by atoms with Crippen LogP contribution in [0.2, 0.25) is 0 Å². The molecule has 1 atom stereocenters. The highest BCUT2D eigenvalue weighted by molar-refractivity contribution is 7.92. The lowest BCUT2D eigenvalue weighted by molar-refractivity contribution is -0.137. The Morgan fingerprint density at radius 1 is 1.29 bits per heavy atom. The molecule has 0 amide bonds. The summed E-state index contributed by atoms with van der Waals surface area (Å²) in [5.41, 5.74) is 1.33. The van der Waals surface area contributed by atoms with Gasteiger partial charge in [0.15, 0.2) is 0 Å². The van der Waals surface area contributed by atoms with Crippen LogP contribution in [0.1, 0.15) is 12.5 Å². The van der Waals surface area contributed by atoms with Crippen LogP contribution in [-0.2, 0) is 14.8 Å². The van der Waals surface area contributed by atoms with Gasteiger partial charge >= 0.3 is 5.97 Å². The van der Waals surface area contributed by atoms with Gasteiger partial charge in [0.1, 0.15) is 6.04 Å². The van der Waals surface area contributed by atoms with E-state index in [-0.39, 0.29) is 0 Å². The third kappa shape index (κ3) is 3.20. The van der Waals surface area contributed by atoms with Crippen LogP contribution in [0.3, 0.4) is 0 Å². The lowest BCUT2D eigenvalue weighted by atomic mass is 10.2.